The van der Waals surface area contributed by atoms with Gasteiger partial charge in [-0.05, 0) is 56.9 Å². The van der Waals surface area contributed by atoms with Crippen LogP contribution in [0, 0.1) is 0 Å². The molecule has 28 heavy (non-hydrogen) atoms. The second kappa shape index (κ2) is 8.78. The van der Waals surface area contributed by atoms with Crippen LogP contribution in [0.15, 0.2) is 46.9 Å². The lowest BCUT2D eigenvalue weighted by Gasteiger charge is -2.16. The second-order valence-corrected chi connectivity index (χ2v) is 10.1. The van der Waals surface area contributed by atoms with Crippen molar-refractivity contribution < 1.29 is 4.74 Å². The van der Waals surface area contributed by atoms with Crippen LogP contribution < -0.4 is 9.75 Å². The Balaban J connectivity index is 1.67. The molecular formula is C22H21Cl2NOS2. The van der Waals surface area contributed by atoms with Gasteiger partial charge in [0, 0.05) is 36.3 Å². The third kappa shape index (κ3) is 4.28. The van der Waals surface area contributed by atoms with E-state index in [0.29, 0.717) is 16.7 Å². The molecule has 2 aliphatic rings. The number of fused-ring (bicyclic) bond motifs is 4. The number of hydrogen-bond donors (Lipinski definition) is 0. The van der Waals surface area contributed by atoms with Gasteiger partial charge in [0.2, 0.25) is 0 Å². The first-order valence-corrected chi connectivity index (χ1v) is 11.5. The molecule has 0 bridgehead atoms. The minimum atomic E-state index is 0.596. The van der Waals surface area contributed by atoms with E-state index in [-0.39, 0.29) is 0 Å². The Labute approximate surface area is 183 Å². The lowest BCUT2D eigenvalue weighted by Crippen LogP contribution is -2.21. The van der Waals surface area contributed by atoms with Gasteiger partial charge in [0.15, 0.2) is 0 Å². The summed E-state index contributed by atoms with van der Waals surface area (Å²) in [6.07, 6.45) is 11.9. The molecule has 0 radical (unpaired) electrons. The summed E-state index contributed by atoms with van der Waals surface area (Å²) in [6, 6.07) is 3.97. The molecule has 0 amide bonds. The molecule has 0 unspecified atom stereocenters. The zero-order valence-corrected chi connectivity index (χ0v) is 18.9. The van der Waals surface area contributed by atoms with E-state index in [1.54, 1.807) is 23.1 Å². The highest BCUT2D eigenvalue weighted by atomic mass is 35.5. The molecule has 6 heteroatoms. The predicted molar refractivity (Wildman–Crippen MR) is 126 cm³/mol. The van der Waals surface area contributed by atoms with Crippen molar-refractivity contribution in [2.24, 2.45) is 0 Å². The molecule has 2 nitrogen and oxygen atoms in total. The van der Waals surface area contributed by atoms with Gasteiger partial charge in [0.1, 0.15) is 0 Å². The molecule has 146 valence electrons. The Hall–Kier alpha value is -1.01. The third-order valence-corrected chi connectivity index (χ3v) is 7.59. The number of rotatable bonds is 6. The van der Waals surface area contributed by atoms with E-state index in [1.807, 2.05) is 12.1 Å². The van der Waals surface area contributed by atoms with Crippen LogP contribution in [-0.2, 0) is 4.74 Å². The highest BCUT2D eigenvalue weighted by Gasteiger charge is 2.17. The van der Waals surface area contributed by atoms with E-state index >= 15 is 0 Å². The van der Waals surface area contributed by atoms with Gasteiger partial charge >= 0.3 is 0 Å². The zero-order valence-electron chi connectivity index (χ0n) is 15.8. The lowest BCUT2D eigenvalue weighted by atomic mass is 10.1. The molecule has 1 aliphatic heterocycles. The molecule has 1 aliphatic carbocycles. The number of ether oxygens (including phenoxy) is 1. The average molecular weight is 450 g/mol. The van der Waals surface area contributed by atoms with Gasteiger partial charge in [-0.2, -0.15) is 0 Å². The fourth-order valence-electron chi connectivity index (χ4n) is 3.24. The van der Waals surface area contributed by atoms with Crippen LogP contribution in [0.4, 0.5) is 0 Å². The van der Waals surface area contributed by atoms with Crippen molar-refractivity contribution in [1.29, 1.82) is 0 Å². The van der Waals surface area contributed by atoms with Crippen molar-refractivity contribution in [3.8, 4) is 0 Å². The van der Waals surface area contributed by atoms with Crippen LogP contribution in [0.2, 0.25) is 10.0 Å². The van der Waals surface area contributed by atoms with E-state index in [2.05, 4.69) is 49.4 Å². The quantitative estimate of drug-likeness (QED) is 0.562. The maximum absolute atomic E-state index is 6.33. The molecule has 0 N–H and O–H groups in total. The number of allylic oxidation sites excluding steroid dienone is 4. The van der Waals surface area contributed by atoms with Gasteiger partial charge in [0.25, 0.3) is 0 Å². The minimum absolute atomic E-state index is 0.596. The zero-order chi connectivity index (χ0) is 19.7. The molecule has 0 saturated carbocycles. The topological polar surface area (TPSA) is 12.5 Å². The smallest absolute Gasteiger partial charge is 0.0779 e. The van der Waals surface area contributed by atoms with Crippen molar-refractivity contribution in [3.63, 3.8) is 0 Å². The highest BCUT2D eigenvalue weighted by Crippen LogP contribution is 2.38. The van der Waals surface area contributed by atoms with Crippen molar-refractivity contribution in [1.82, 2.24) is 4.90 Å². The summed E-state index contributed by atoms with van der Waals surface area (Å²) in [7, 11) is 4.17. The first-order chi connectivity index (χ1) is 13.5. The van der Waals surface area contributed by atoms with E-state index in [1.165, 1.54) is 25.1 Å². The lowest BCUT2D eigenvalue weighted by molar-refractivity contribution is 0.150. The summed E-state index contributed by atoms with van der Waals surface area (Å²) in [6.45, 7) is 2.46. The number of thiophene rings is 1. The normalized spacial score (nSPS) is 15.8. The van der Waals surface area contributed by atoms with Crippen LogP contribution >= 0.6 is 46.3 Å². The maximum atomic E-state index is 6.33. The first-order valence-electron chi connectivity index (χ1n) is 9.15. The monoisotopic (exact) mass is 449 g/mol. The van der Waals surface area contributed by atoms with Crippen molar-refractivity contribution in [3.05, 3.63) is 66.7 Å². The SMILES string of the molecule is CN(C)CCCOCC1=CC=C2C=CC=c3sc4cc(Cl)c(Cl)cc4c3=C2S1. The number of hydrogen-bond acceptors (Lipinski definition) is 4. The van der Waals surface area contributed by atoms with Crippen LogP contribution in [0.25, 0.3) is 21.1 Å². The van der Waals surface area contributed by atoms with Gasteiger partial charge in [-0.1, -0.05) is 53.2 Å². The van der Waals surface area contributed by atoms with Gasteiger partial charge < -0.3 is 9.64 Å². The number of benzene rings is 1. The fraction of sp³-hybridized carbons (Fsp3) is 0.273. The largest absolute Gasteiger partial charge is 0.376 e. The van der Waals surface area contributed by atoms with Gasteiger partial charge in [-0.15, -0.1) is 11.3 Å². The van der Waals surface area contributed by atoms with Crippen LogP contribution in [0.1, 0.15) is 6.42 Å². The minimum Gasteiger partial charge on any atom is -0.376 e. The molecule has 2 aromatic rings. The summed E-state index contributed by atoms with van der Waals surface area (Å²) in [5, 5.41) is 3.61. The summed E-state index contributed by atoms with van der Waals surface area (Å²) in [5.41, 5.74) is 1.22. The molecule has 0 atom stereocenters. The van der Waals surface area contributed by atoms with Gasteiger partial charge in [-0.25, -0.2) is 0 Å². The third-order valence-electron chi connectivity index (χ3n) is 4.59. The molecule has 2 heterocycles. The highest BCUT2D eigenvalue weighted by molar-refractivity contribution is 8.11. The Morgan fingerprint density at radius 1 is 1.07 bits per heavy atom. The Morgan fingerprint density at radius 2 is 1.89 bits per heavy atom. The average Bonchev–Trinajstić information content (AvgIpc) is 2.88. The van der Waals surface area contributed by atoms with E-state index in [0.717, 1.165) is 29.7 Å². The molecule has 4 rings (SSSR count). The van der Waals surface area contributed by atoms with E-state index in [4.69, 9.17) is 27.9 Å². The van der Waals surface area contributed by atoms with Crippen LogP contribution in [0.3, 0.4) is 0 Å². The number of thioether (sulfide) groups is 1. The van der Waals surface area contributed by atoms with Crippen molar-refractivity contribution in [2.75, 3.05) is 33.9 Å². The molecule has 0 fully saturated rings. The van der Waals surface area contributed by atoms with Crippen molar-refractivity contribution in [2.45, 2.75) is 6.42 Å². The number of nitrogens with zero attached hydrogens (tertiary/aromatic N) is 1. The second-order valence-electron chi connectivity index (χ2n) is 7.03. The Kier molecular flexibility index (Phi) is 6.36. The predicted octanol–water partition coefficient (Wildman–Crippen LogP) is 5.19. The summed E-state index contributed by atoms with van der Waals surface area (Å²) < 4.78 is 8.31. The summed E-state index contributed by atoms with van der Waals surface area (Å²) in [5.74, 6) is 0. The summed E-state index contributed by atoms with van der Waals surface area (Å²) >= 11 is 16.1. The standard InChI is InChI=1S/C22H21Cl2NOS2/c1-25(2)9-4-10-26-13-15-8-7-14-5-3-6-19-21(22(14)27-15)16-11-17(23)18(24)12-20(16)28-19/h3,5-8,11-12H,4,9-10,13H2,1-2H3. The molecule has 0 saturated heterocycles. The van der Waals surface area contributed by atoms with Crippen LogP contribution in [0.5, 0.6) is 0 Å². The fourth-order valence-corrected chi connectivity index (χ4v) is 5.96. The molecule has 0 spiro atoms. The first kappa shape index (κ1) is 20.3. The Morgan fingerprint density at radius 3 is 2.71 bits per heavy atom. The van der Waals surface area contributed by atoms with Gasteiger partial charge in [-0.3, -0.25) is 0 Å². The molecule has 1 aromatic heterocycles. The maximum Gasteiger partial charge on any atom is 0.0779 e. The Bertz CT molecular complexity index is 1130. The van der Waals surface area contributed by atoms with Crippen molar-refractivity contribution >= 4 is 67.4 Å². The molecular weight excluding hydrogens is 429 g/mol. The number of halogens is 2. The van der Waals surface area contributed by atoms with E-state index < -0.39 is 0 Å². The van der Waals surface area contributed by atoms with Gasteiger partial charge in [0.05, 0.1) is 16.7 Å². The molecule has 1 aromatic carbocycles. The van der Waals surface area contributed by atoms with Crippen LogP contribution in [-0.4, -0.2) is 38.8 Å². The van der Waals surface area contributed by atoms with E-state index in [9.17, 15) is 0 Å². The summed E-state index contributed by atoms with van der Waals surface area (Å²) in [4.78, 5) is 4.67.